The van der Waals surface area contributed by atoms with Crippen molar-refractivity contribution in [3.63, 3.8) is 0 Å². The van der Waals surface area contributed by atoms with Crippen LogP contribution in [0.3, 0.4) is 0 Å². The molecule has 3 atom stereocenters. The molecule has 0 saturated carbocycles. The highest BCUT2D eigenvalue weighted by Gasteiger charge is 2.29. The van der Waals surface area contributed by atoms with Gasteiger partial charge in [-0.1, -0.05) is 30.3 Å². The molecule has 0 spiro atoms. The number of hydrogen-bond acceptors (Lipinski definition) is 6. The molecule has 154 valence electrons. The van der Waals surface area contributed by atoms with E-state index in [9.17, 15) is 19.2 Å². The third-order valence-corrected chi connectivity index (χ3v) is 4.52. The van der Waals surface area contributed by atoms with Gasteiger partial charge < -0.3 is 26.6 Å². The van der Waals surface area contributed by atoms with E-state index in [0.717, 1.165) is 5.56 Å². The predicted octanol–water partition coefficient (Wildman–Crippen LogP) is -0.162. The lowest BCUT2D eigenvalue weighted by Crippen LogP contribution is -2.55. The van der Waals surface area contributed by atoms with Crippen LogP contribution in [0.4, 0.5) is 0 Å². The molecule has 1 aromatic rings. The van der Waals surface area contributed by atoms with Crippen molar-refractivity contribution in [2.75, 3.05) is 12.0 Å². The minimum atomic E-state index is -1.61. The van der Waals surface area contributed by atoms with Gasteiger partial charge in [0.15, 0.2) is 0 Å². The zero-order valence-corrected chi connectivity index (χ0v) is 16.3. The van der Waals surface area contributed by atoms with Gasteiger partial charge in [0.2, 0.25) is 11.8 Å². The first-order chi connectivity index (χ1) is 13.2. The molecular formula is C18H25N3O6S. The van der Waals surface area contributed by atoms with E-state index >= 15 is 0 Å². The van der Waals surface area contributed by atoms with Gasteiger partial charge in [0.25, 0.3) is 0 Å². The summed E-state index contributed by atoms with van der Waals surface area (Å²) in [5.41, 5.74) is 6.57. The summed E-state index contributed by atoms with van der Waals surface area (Å²) in [5.74, 6) is -3.49. The van der Waals surface area contributed by atoms with Crippen molar-refractivity contribution < 1.29 is 29.4 Å². The van der Waals surface area contributed by atoms with Crippen LogP contribution < -0.4 is 16.4 Å². The molecule has 0 saturated heterocycles. The summed E-state index contributed by atoms with van der Waals surface area (Å²) in [6.45, 7) is 0. The molecule has 0 unspecified atom stereocenters. The number of carbonyl (C=O) groups is 4. The second-order valence-electron chi connectivity index (χ2n) is 6.14. The molecule has 0 fully saturated rings. The summed E-state index contributed by atoms with van der Waals surface area (Å²) >= 11 is 1.53. The molecule has 9 nitrogen and oxygen atoms in total. The largest absolute Gasteiger partial charge is 0.481 e. The summed E-state index contributed by atoms with van der Waals surface area (Å²) in [6, 6.07) is 5.33. The fraction of sp³-hybridized carbons (Fsp3) is 0.444. The van der Waals surface area contributed by atoms with Crippen LogP contribution in [0, 0.1) is 0 Å². The van der Waals surface area contributed by atoms with Crippen LogP contribution >= 0.6 is 11.8 Å². The number of carboxylic acids is 2. The van der Waals surface area contributed by atoms with Crippen LogP contribution in [-0.2, 0) is 25.6 Å². The average molecular weight is 411 g/mol. The maximum absolute atomic E-state index is 12.6. The molecule has 0 bridgehead atoms. The Bertz CT molecular complexity index is 685. The Morgan fingerprint density at radius 3 is 2.18 bits per heavy atom. The SMILES string of the molecule is CSCC[C@H](N)C(=O)N[C@@H](Cc1ccccc1)C(=O)N[C@@H](CC(=O)O)C(=O)O. The van der Waals surface area contributed by atoms with Gasteiger partial charge in [0.1, 0.15) is 12.1 Å². The fourth-order valence-electron chi connectivity index (χ4n) is 2.36. The van der Waals surface area contributed by atoms with E-state index in [1.807, 2.05) is 6.26 Å². The number of thioether (sulfide) groups is 1. The van der Waals surface area contributed by atoms with Crippen molar-refractivity contribution in [2.24, 2.45) is 5.73 Å². The third-order valence-electron chi connectivity index (χ3n) is 3.88. The molecular weight excluding hydrogens is 386 g/mol. The number of amides is 2. The lowest BCUT2D eigenvalue weighted by molar-refractivity contribution is -0.147. The Labute approximate surface area is 167 Å². The standard InChI is InChI=1S/C18H25N3O6S/c1-28-8-7-12(19)16(24)20-13(9-11-5-3-2-4-6-11)17(25)21-14(18(26)27)10-15(22)23/h2-6,12-14H,7-10,19H2,1H3,(H,20,24)(H,21,25)(H,22,23)(H,26,27)/t12-,13-,14-/m0/s1. The van der Waals surface area contributed by atoms with Gasteiger partial charge in [0.05, 0.1) is 12.5 Å². The summed E-state index contributed by atoms with van der Waals surface area (Å²) in [7, 11) is 0. The van der Waals surface area contributed by atoms with Crippen molar-refractivity contribution in [1.29, 1.82) is 0 Å². The fourth-order valence-corrected chi connectivity index (χ4v) is 2.85. The van der Waals surface area contributed by atoms with Gasteiger partial charge in [-0.2, -0.15) is 11.8 Å². The Hall–Kier alpha value is -2.59. The zero-order chi connectivity index (χ0) is 21.1. The van der Waals surface area contributed by atoms with Crippen LogP contribution in [0.1, 0.15) is 18.4 Å². The lowest BCUT2D eigenvalue weighted by atomic mass is 10.0. The first-order valence-electron chi connectivity index (χ1n) is 8.58. The Morgan fingerprint density at radius 1 is 1.04 bits per heavy atom. The molecule has 0 aliphatic carbocycles. The van der Waals surface area contributed by atoms with E-state index < -0.39 is 48.3 Å². The number of nitrogens with one attached hydrogen (secondary N) is 2. The van der Waals surface area contributed by atoms with Gasteiger partial charge in [-0.25, -0.2) is 4.79 Å². The Balaban J connectivity index is 2.92. The Morgan fingerprint density at radius 2 is 1.64 bits per heavy atom. The molecule has 0 aromatic heterocycles. The van der Waals surface area contributed by atoms with Gasteiger partial charge in [-0.05, 0) is 24.0 Å². The number of aliphatic carboxylic acids is 2. The highest BCUT2D eigenvalue weighted by atomic mass is 32.2. The smallest absolute Gasteiger partial charge is 0.326 e. The van der Waals surface area contributed by atoms with Crippen molar-refractivity contribution in [3.05, 3.63) is 35.9 Å². The summed E-state index contributed by atoms with van der Waals surface area (Å²) in [6.07, 6.45) is 1.63. The topological polar surface area (TPSA) is 159 Å². The second kappa shape index (κ2) is 12.0. The molecule has 2 amide bonds. The van der Waals surface area contributed by atoms with Crippen molar-refractivity contribution >= 4 is 35.5 Å². The average Bonchev–Trinajstić information content (AvgIpc) is 2.65. The molecule has 0 aliphatic heterocycles. The molecule has 10 heteroatoms. The molecule has 0 radical (unpaired) electrons. The first kappa shape index (κ1) is 23.4. The normalized spacial score (nSPS) is 13.8. The molecule has 28 heavy (non-hydrogen) atoms. The number of nitrogens with two attached hydrogens (primary N) is 1. The number of hydrogen-bond donors (Lipinski definition) is 5. The van der Waals surface area contributed by atoms with Crippen LogP contribution in [0.2, 0.25) is 0 Å². The van der Waals surface area contributed by atoms with E-state index in [1.54, 1.807) is 30.3 Å². The maximum atomic E-state index is 12.6. The first-order valence-corrected chi connectivity index (χ1v) is 9.97. The van der Waals surface area contributed by atoms with Gasteiger partial charge >= 0.3 is 11.9 Å². The predicted molar refractivity (Wildman–Crippen MR) is 105 cm³/mol. The summed E-state index contributed by atoms with van der Waals surface area (Å²) in [5, 5.41) is 22.7. The van der Waals surface area contributed by atoms with Crippen LogP contribution in [0.25, 0.3) is 0 Å². The number of benzene rings is 1. The van der Waals surface area contributed by atoms with Crippen molar-refractivity contribution in [3.8, 4) is 0 Å². The maximum Gasteiger partial charge on any atom is 0.326 e. The molecule has 0 heterocycles. The monoisotopic (exact) mass is 411 g/mol. The Kier molecular flexibility index (Phi) is 10.0. The van der Waals surface area contributed by atoms with Crippen LogP contribution in [-0.4, -0.2) is 64.1 Å². The molecule has 1 aromatic carbocycles. The third kappa shape index (κ3) is 8.40. The quantitative estimate of drug-likeness (QED) is 0.317. The highest BCUT2D eigenvalue weighted by Crippen LogP contribution is 2.06. The number of rotatable bonds is 12. The lowest BCUT2D eigenvalue weighted by Gasteiger charge is -2.22. The highest BCUT2D eigenvalue weighted by molar-refractivity contribution is 7.98. The van der Waals surface area contributed by atoms with E-state index in [0.29, 0.717) is 12.2 Å². The van der Waals surface area contributed by atoms with E-state index in [-0.39, 0.29) is 6.42 Å². The van der Waals surface area contributed by atoms with E-state index in [2.05, 4.69) is 10.6 Å². The number of carboxylic acid groups (broad SMARTS) is 2. The summed E-state index contributed by atoms with van der Waals surface area (Å²) < 4.78 is 0. The van der Waals surface area contributed by atoms with E-state index in [1.165, 1.54) is 11.8 Å². The van der Waals surface area contributed by atoms with Crippen LogP contribution in [0.15, 0.2) is 30.3 Å². The number of carbonyl (C=O) groups excluding carboxylic acids is 2. The zero-order valence-electron chi connectivity index (χ0n) is 15.5. The minimum Gasteiger partial charge on any atom is -0.481 e. The molecule has 0 aliphatic rings. The van der Waals surface area contributed by atoms with E-state index in [4.69, 9.17) is 15.9 Å². The minimum absolute atomic E-state index is 0.104. The van der Waals surface area contributed by atoms with Crippen molar-refractivity contribution in [1.82, 2.24) is 10.6 Å². The van der Waals surface area contributed by atoms with Crippen molar-refractivity contribution in [2.45, 2.75) is 37.4 Å². The van der Waals surface area contributed by atoms with Gasteiger partial charge in [0, 0.05) is 6.42 Å². The molecule has 6 N–H and O–H groups in total. The van der Waals surface area contributed by atoms with Gasteiger partial charge in [-0.3, -0.25) is 14.4 Å². The summed E-state index contributed by atoms with van der Waals surface area (Å²) in [4.78, 5) is 46.9. The second-order valence-corrected chi connectivity index (χ2v) is 7.12. The van der Waals surface area contributed by atoms with Crippen LogP contribution in [0.5, 0.6) is 0 Å². The molecule has 1 rings (SSSR count). The van der Waals surface area contributed by atoms with Gasteiger partial charge in [-0.15, -0.1) is 0 Å².